The third-order valence-electron chi connectivity index (χ3n) is 3.88. The molecule has 0 amide bonds. The van der Waals surface area contributed by atoms with Gasteiger partial charge in [0.25, 0.3) is 5.56 Å². The molecule has 1 aliphatic rings. The number of nitrogen functional groups attached to an aromatic ring is 1. The van der Waals surface area contributed by atoms with E-state index in [-0.39, 0.29) is 17.1 Å². The van der Waals surface area contributed by atoms with E-state index in [1.807, 2.05) is 0 Å². The molecule has 3 rings (SSSR count). The number of nitrogens with two attached hydrogens (primary N) is 1. The molecule has 1 saturated heterocycles. The van der Waals surface area contributed by atoms with Gasteiger partial charge in [0, 0.05) is 0 Å². The van der Waals surface area contributed by atoms with Crippen LogP contribution in [0.4, 0.5) is 5.95 Å². The maximum absolute atomic E-state index is 11.9. The molecule has 180 valence electrons. The SMILES string of the molecule is Nc1nc2c(ncn2[C@H]2O[C@@H](COP(=O)(O)OP(=O)(O)OP(=O)(O)O)[C@H](O)[C@@H]2O)c(=O)[nH]1. The third-order valence-corrected chi connectivity index (χ3v) is 7.68. The van der Waals surface area contributed by atoms with Crippen molar-refractivity contribution in [3.8, 4) is 0 Å². The largest absolute Gasteiger partial charge is 0.490 e. The molecule has 0 saturated carbocycles. The first kappa shape index (κ1) is 25.1. The molecule has 3 heterocycles. The Kier molecular flexibility index (Phi) is 6.78. The Morgan fingerprint density at radius 2 is 1.78 bits per heavy atom. The first-order valence-corrected chi connectivity index (χ1v) is 12.6. The van der Waals surface area contributed by atoms with Gasteiger partial charge in [0.1, 0.15) is 18.3 Å². The number of hydrogen-bond acceptors (Lipinski definition) is 13. The Morgan fingerprint density at radius 3 is 2.41 bits per heavy atom. The number of aliphatic hydroxyl groups excluding tert-OH is 2. The van der Waals surface area contributed by atoms with E-state index >= 15 is 0 Å². The lowest BCUT2D eigenvalue weighted by atomic mass is 10.1. The summed E-state index contributed by atoms with van der Waals surface area (Å²) in [5.74, 6) is -0.276. The molecule has 0 radical (unpaired) electrons. The standard InChI is InChI=1S/C10H16N5O14P3/c11-10-13-7-4(8(18)14-10)12-2-15(7)9-6(17)5(16)3(27-9)1-26-31(22,23)29-32(24,25)28-30(19,20)21/h2-3,5-6,9,16-17H,1H2,(H,22,23)(H,24,25)(H2,19,20,21)(H3,11,13,14,18)/t3-,5-,6-,9-/m0/s1. The van der Waals surface area contributed by atoms with Gasteiger partial charge in [-0.1, -0.05) is 0 Å². The topological polar surface area (TPSA) is 299 Å². The van der Waals surface area contributed by atoms with E-state index in [0.29, 0.717) is 0 Å². The second-order valence-corrected chi connectivity index (χ2v) is 10.6. The quantitative estimate of drug-likeness (QED) is 0.168. The number of imidazole rings is 1. The van der Waals surface area contributed by atoms with Crippen LogP contribution in [0.15, 0.2) is 11.1 Å². The van der Waals surface area contributed by atoms with Crippen LogP contribution >= 0.6 is 23.5 Å². The Morgan fingerprint density at radius 1 is 1.12 bits per heavy atom. The predicted octanol–water partition coefficient (Wildman–Crippen LogP) is -2.34. The molecule has 0 aromatic carbocycles. The van der Waals surface area contributed by atoms with Crippen molar-refractivity contribution in [1.82, 2.24) is 19.5 Å². The number of anilines is 1. The van der Waals surface area contributed by atoms with Gasteiger partial charge in [0.05, 0.1) is 12.9 Å². The molecule has 2 aromatic rings. The van der Waals surface area contributed by atoms with Gasteiger partial charge in [-0.15, -0.1) is 0 Å². The van der Waals surface area contributed by atoms with E-state index in [1.54, 1.807) is 0 Å². The molecular formula is C10H16N5O14P3. The zero-order valence-electron chi connectivity index (χ0n) is 15.3. The summed E-state index contributed by atoms with van der Waals surface area (Å²) in [6, 6.07) is 0. The van der Waals surface area contributed by atoms with Crippen molar-refractivity contribution in [2.75, 3.05) is 12.3 Å². The van der Waals surface area contributed by atoms with E-state index in [1.165, 1.54) is 0 Å². The van der Waals surface area contributed by atoms with E-state index < -0.39 is 60.2 Å². The van der Waals surface area contributed by atoms with E-state index in [4.69, 9.17) is 25.2 Å². The Hall–Kier alpha value is -1.56. The summed E-state index contributed by atoms with van der Waals surface area (Å²) in [6.45, 7) is -1.01. The number of phosphoric acid groups is 3. The minimum absolute atomic E-state index is 0.115. The number of hydrogen-bond donors (Lipinski definition) is 8. The van der Waals surface area contributed by atoms with Crippen molar-refractivity contribution in [2.24, 2.45) is 0 Å². The van der Waals surface area contributed by atoms with Crippen LogP contribution in [-0.2, 0) is 31.6 Å². The number of aromatic nitrogens is 4. The molecule has 0 spiro atoms. The lowest BCUT2D eigenvalue weighted by molar-refractivity contribution is -0.0503. The second kappa shape index (κ2) is 8.66. The summed E-state index contributed by atoms with van der Waals surface area (Å²) < 4.78 is 51.6. The third kappa shape index (κ3) is 5.67. The lowest BCUT2D eigenvalue weighted by Crippen LogP contribution is -2.33. The number of aromatic amines is 1. The highest BCUT2D eigenvalue weighted by atomic mass is 31.3. The highest BCUT2D eigenvalue weighted by Crippen LogP contribution is 2.66. The van der Waals surface area contributed by atoms with Crippen LogP contribution in [0, 0.1) is 0 Å². The summed E-state index contributed by atoms with van der Waals surface area (Å²) in [6.07, 6.45) is -5.33. The maximum Gasteiger partial charge on any atom is 0.490 e. The molecule has 2 unspecified atom stereocenters. The van der Waals surface area contributed by atoms with Crippen LogP contribution in [0.5, 0.6) is 0 Å². The number of phosphoric ester groups is 1. The first-order valence-electron chi connectivity index (χ1n) is 8.11. The fourth-order valence-corrected chi connectivity index (χ4v) is 5.73. The fourth-order valence-electron chi connectivity index (χ4n) is 2.70. The minimum Gasteiger partial charge on any atom is -0.387 e. The molecule has 9 N–H and O–H groups in total. The summed E-state index contributed by atoms with van der Waals surface area (Å²) in [4.78, 5) is 57.3. The van der Waals surface area contributed by atoms with Crippen LogP contribution in [0.25, 0.3) is 11.2 Å². The van der Waals surface area contributed by atoms with Crippen molar-refractivity contribution in [3.05, 3.63) is 16.7 Å². The van der Waals surface area contributed by atoms with Crippen molar-refractivity contribution in [1.29, 1.82) is 0 Å². The summed E-state index contributed by atoms with van der Waals surface area (Å²) in [7, 11) is -16.8. The van der Waals surface area contributed by atoms with Gasteiger partial charge < -0.3 is 40.3 Å². The molecule has 0 bridgehead atoms. The smallest absolute Gasteiger partial charge is 0.387 e. The van der Waals surface area contributed by atoms with Gasteiger partial charge in [-0.25, -0.2) is 18.7 Å². The molecule has 0 aliphatic carbocycles. The summed E-state index contributed by atoms with van der Waals surface area (Å²) >= 11 is 0. The highest BCUT2D eigenvalue weighted by molar-refractivity contribution is 7.66. The van der Waals surface area contributed by atoms with Crippen LogP contribution in [0.2, 0.25) is 0 Å². The van der Waals surface area contributed by atoms with Crippen LogP contribution in [-0.4, -0.2) is 74.2 Å². The van der Waals surface area contributed by atoms with E-state index in [9.17, 15) is 33.6 Å². The van der Waals surface area contributed by atoms with Crippen LogP contribution < -0.4 is 11.3 Å². The number of nitrogens with zero attached hydrogens (tertiary/aromatic N) is 3. The fraction of sp³-hybridized carbons (Fsp3) is 0.500. The molecule has 1 aliphatic heterocycles. The number of rotatable bonds is 8. The first-order chi connectivity index (χ1) is 14.6. The molecule has 22 heteroatoms. The molecule has 1 fully saturated rings. The normalized spacial score (nSPS) is 27.9. The average Bonchev–Trinajstić information content (AvgIpc) is 3.12. The van der Waals surface area contributed by atoms with Crippen molar-refractivity contribution in [2.45, 2.75) is 24.5 Å². The Labute approximate surface area is 175 Å². The second-order valence-electron chi connectivity index (χ2n) is 6.21. The van der Waals surface area contributed by atoms with Gasteiger partial charge in [-0.05, 0) is 0 Å². The number of nitrogens with one attached hydrogen (secondary N) is 1. The van der Waals surface area contributed by atoms with Crippen molar-refractivity contribution < 1.29 is 61.4 Å². The number of H-pyrrole nitrogens is 1. The Balaban J connectivity index is 1.72. The summed E-state index contributed by atoms with van der Waals surface area (Å²) in [5, 5.41) is 20.4. The van der Waals surface area contributed by atoms with E-state index in [2.05, 4.69) is 28.1 Å². The van der Waals surface area contributed by atoms with Gasteiger partial charge in [-0.3, -0.25) is 18.9 Å². The molecule has 2 aromatic heterocycles. The molecule has 19 nitrogen and oxygen atoms in total. The van der Waals surface area contributed by atoms with E-state index in [0.717, 1.165) is 10.9 Å². The van der Waals surface area contributed by atoms with Crippen molar-refractivity contribution in [3.63, 3.8) is 0 Å². The zero-order chi connectivity index (χ0) is 24.1. The number of ether oxygens (including phenoxy) is 1. The molecule has 32 heavy (non-hydrogen) atoms. The Bertz CT molecular complexity index is 1210. The van der Waals surface area contributed by atoms with Gasteiger partial charge >= 0.3 is 23.5 Å². The predicted molar refractivity (Wildman–Crippen MR) is 98.3 cm³/mol. The van der Waals surface area contributed by atoms with Crippen LogP contribution in [0.1, 0.15) is 6.23 Å². The minimum atomic E-state index is -5.73. The highest BCUT2D eigenvalue weighted by Gasteiger charge is 2.47. The monoisotopic (exact) mass is 523 g/mol. The van der Waals surface area contributed by atoms with Crippen LogP contribution in [0.3, 0.4) is 0 Å². The van der Waals surface area contributed by atoms with Gasteiger partial charge in [0.2, 0.25) is 5.95 Å². The van der Waals surface area contributed by atoms with Gasteiger partial charge in [0.15, 0.2) is 17.4 Å². The number of fused-ring (bicyclic) bond motifs is 1. The maximum atomic E-state index is 11.9. The number of aliphatic hydroxyl groups is 2. The molecule has 6 atom stereocenters. The summed E-state index contributed by atoms with van der Waals surface area (Å²) in [5.41, 5.74) is 4.50. The zero-order valence-corrected chi connectivity index (χ0v) is 18.0. The lowest BCUT2D eigenvalue weighted by Gasteiger charge is -2.19. The molecular weight excluding hydrogens is 507 g/mol. The van der Waals surface area contributed by atoms with Crippen molar-refractivity contribution >= 4 is 40.6 Å². The average molecular weight is 523 g/mol. The van der Waals surface area contributed by atoms with Gasteiger partial charge in [-0.2, -0.15) is 13.6 Å².